The molecule has 4 heteroatoms. The molecule has 0 amide bonds. The minimum atomic E-state index is -0.491. The van der Waals surface area contributed by atoms with Crippen molar-refractivity contribution in [2.75, 3.05) is 0 Å². The Hall–Kier alpha value is -0.865. The van der Waals surface area contributed by atoms with Crippen molar-refractivity contribution in [3.05, 3.63) is 29.6 Å². The minimum Gasteiger partial charge on any atom is -0.399 e. The first-order chi connectivity index (χ1) is 7.73. The number of halogens is 1. The fourth-order valence-corrected chi connectivity index (χ4v) is 1.73. The van der Waals surface area contributed by atoms with E-state index in [2.05, 4.69) is 0 Å². The summed E-state index contributed by atoms with van der Waals surface area (Å²) in [4.78, 5) is 0. The van der Waals surface area contributed by atoms with Crippen LogP contribution in [0.5, 0.6) is 0 Å². The Morgan fingerprint density at radius 2 is 1.59 bits per heavy atom. The maximum atomic E-state index is 13.5. The van der Waals surface area contributed by atoms with Crippen molar-refractivity contribution < 1.29 is 13.7 Å². The Morgan fingerprint density at radius 3 is 2.06 bits per heavy atom. The second kappa shape index (κ2) is 3.82. The molecule has 92 valence electrons. The quantitative estimate of drug-likeness (QED) is 0.697. The molecule has 1 aromatic rings. The predicted molar refractivity (Wildman–Crippen MR) is 66.9 cm³/mol. The standard InChI is InChI=1S/C13H18BFO2/c1-9-6-7-10(8-11(9)15)14-16-12(2,3)13(4,5)17-14/h6-8H,1-5H3. The summed E-state index contributed by atoms with van der Waals surface area (Å²) in [5, 5.41) is 0. The van der Waals surface area contributed by atoms with Gasteiger partial charge in [-0.05, 0) is 51.7 Å². The van der Waals surface area contributed by atoms with Crippen LogP contribution in [0.15, 0.2) is 18.2 Å². The van der Waals surface area contributed by atoms with E-state index in [0.29, 0.717) is 5.56 Å². The van der Waals surface area contributed by atoms with Gasteiger partial charge in [-0.15, -0.1) is 0 Å². The molecule has 0 aliphatic carbocycles. The van der Waals surface area contributed by atoms with Crippen molar-refractivity contribution in [2.24, 2.45) is 0 Å². The fourth-order valence-electron chi connectivity index (χ4n) is 1.73. The van der Waals surface area contributed by atoms with Crippen molar-refractivity contribution in [3.8, 4) is 0 Å². The van der Waals surface area contributed by atoms with E-state index in [1.807, 2.05) is 33.8 Å². The molecule has 17 heavy (non-hydrogen) atoms. The Kier molecular flexibility index (Phi) is 2.83. The van der Waals surface area contributed by atoms with Gasteiger partial charge in [-0.1, -0.05) is 12.1 Å². The van der Waals surface area contributed by atoms with Gasteiger partial charge in [0.2, 0.25) is 0 Å². The molecular weight excluding hydrogens is 218 g/mol. The topological polar surface area (TPSA) is 18.5 Å². The van der Waals surface area contributed by atoms with E-state index < -0.39 is 7.12 Å². The molecule has 0 saturated carbocycles. The molecule has 0 aromatic heterocycles. The summed E-state index contributed by atoms with van der Waals surface area (Å²) < 4.78 is 25.2. The zero-order valence-corrected chi connectivity index (χ0v) is 11.0. The zero-order chi connectivity index (χ0) is 12.8. The maximum absolute atomic E-state index is 13.5. The van der Waals surface area contributed by atoms with Gasteiger partial charge in [-0.25, -0.2) is 4.39 Å². The second-order valence-electron chi connectivity index (χ2n) is 5.60. The summed E-state index contributed by atoms with van der Waals surface area (Å²) in [5.41, 5.74) is 0.579. The third-order valence-corrected chi connectivity index (χ3v) is 3.72. The molecule has 0 N–H and O–H groups in total. The molecule has 2 rings (SSSR count). The molecule has 0 unspecified atom stereocenters. The van der Waals surface area contributed by atoms with E-state index in [0.717, 1.165) is 5.46 Å². The van der Waals surface area contributed by atoms with Crippen LogP contribution in [-0.4, -0.2) is 18.3 Å². The third-order valence-electron chi connectivity index (χ3n) is 3.72. The van der Waals surface area contributed by atoms with Gasteiger partial charge < -0.3 is 9.31 Å². The molecular formula is C13H18BFO2. The Bertz CT molecular complexity index is 427. The van der Waals surface area contributed by atoms with E-state index in [1.54, 1.807) is 13.0 Å². The van der Waals surface area contributed by atoms with Crippen LogP contribution >= 0.6 is 0 Å². The summed E-state index contributed by atoms with van der Waals surface area (Å²) in [6, 6.07) is 5.08. The molecule has 1 aliphatic heterocycles. The molecule has 2 nitrogen and oxygen atoms in total. The third kappa shape index (κ3) is 2.12. The van der Waals surface area contributed by atoms with Gasteiger partial charge >= 0.3 is 7.12 Å². The summed E-state index contributed by atoms with van der Waals surface area (Å²) in [5.74, 6) is -0.225. The molecule has 1 aliphatic rings. The van der Waals surface area contributed by atoms with Gasteiger partial charge in [0.15, 0.2) is 0 Å². The van der Waals surface area contributed by atoms with Crippen LogP contribution in [0.25, 0.3) is 0 Å². The van der Waals surface area contributed by atoms with Crippen LogP contribution in [0.2, 0.25) is 0 Å². The van der Waals surface area contributed by atoms with E-state index >= 15 is 0 Å². The van der Waals surface area contributed by atoms with Crippen LogP contribution in [-0.2, 0) is 9.31 Å². The van der Waals surface area contributed by atoms with Gasteiger partial charge in [0.25, 0.3) is 0 Å². The number of rotatable bonds is 1. The molecule has 1 saturated heterocycles. The largest absolute Gasteiger partial charge is 0.494 e. The van der Waals surface area contributed by atoms with E-state index in [1.165, 1.54) is 6.07 Å². The van der Waals surface area contributed by atoms with Gasteiger partial charge in [0.05, 0.1) is 11.2 Å². The summed E-state index contributed by atoms with van der Waals surface area (Å²) in [7, 11) is -0.491. The maximum Gasteiger partial charge on any atom is 0.494 e. The lowest BCUT2D eigenvalue weighted by atomic mass is 9.79. The van der Waals surface area contributed by atoms with Gasteiger partial charge in [0.1, 0.15) is 5.82 Å². The van der Waals surface area contributed by atoms with E-state index in [-0.39, 0.29) is 17.0 Å². The lowest BCUT2D eigenvalue weighted by Gasteiger charge is -2.32. The van der Waals surface area contributed by atoms with Gasteiger partial charge in [0, 0.05) is 0 Å². The lowest BCUT2D eigenvalue weighted by molar-refractivity contribution is 0.00578. The molecule has 0 atom stereocenters. The van der Waals surface area contributed by atoms with Gasteiger partial charge in [-0.2, -0.15) is 0 Å². The van der Waals surface area contributed by atoms with Crippen LogP contribution in [0.3, 0.4) is 0 Å². The number of hydrogen-bond donors (Lipinski definition) is 0. The normalized spacial score (nSPS) is 21.9. The van der Waals surface area contributed by atoms with E-state index in [9.17, 15) is 4.39 Å². The van der Waals surface area contributed by atoms with Crippen molar-refractivity contribution in [1.82, 2.24) is 0 Å². The number of aryl methyl sites for hydroxylation is 1. The predicted octanol–water partition coefficient (Wildman–Crippen LogP) is 2.43. The van der Waals surface area contributed by atoms with Crippen LogP contribution < -0.4 is 5.46 Å². The molecule has 0 spiro atoms. The smallest absolute Gasteiger partial charge is 0.399 e. The Morgan fingerprint density at radius 1 is 1.06 bits per heavy atom. The minimum absolute atomic E-state index is 0.225. The first-order valence-corrected chi connectivity index (χ1v) is 5.85. The summed E-state index contributed by atoms with van der Waals surface area (Å²) in [6.07, 6.45) is 0. The highest BCUT2D eigenvalue weighted by atomic mass is 19.1. The zero-order valence-electron chi connectivity index (χ0n) is 11.0. The van der Waals surface area contributed by atoms with E-state index in [4.69, 9.17) is 9.31 Å². The average Bonchev–Trinajstić information content (AvgIpc) is 2.41. The number of benzene rings is 1. The average molecular weight is 236 g/mol. The Balaban J connectivity index is 2.29. The summed E-state index contributed by atoms with van der Waals surface area (Å²) in [6.45, 7) is 9.67. The van der Waals surface area contributed by atoms with Crippen molar-refractivity contribution >= 4 is 12.6 Å². The van der Waals surface area contributed by atoms with Crippen LogP contribution in [0.4, 0.5) is 4.39 Å². The van der Waals surface area contributed by atoms with Crippen molar-refractivity contribution in [1.29, 1.82) is 0 Å². The molecule has 1 aromatic carbocycles. The van der Waals surface area contributed by atoms with Crippen molar-refractivity contribution in [2.45, 2.75) is 45.8 Å². The molecule has 0 radical (unpaired) electrons. The summed E-state index contributed by atoms with van der Waals surface area (Å²) >= 11 is 0. The van der Waals surface area contributed by atoms with Crippen molar-refractivity contribution in [3.63, 3.8) is 0 Å². The molecule has 1 fully saturated rings. The fraction of sp³-hybridized carbons (Fsp3) is 0.538. The monoisotopic (exact) mass is 236 g/mol. The highest BCUT2D eigenvalue weighted by Crippen LogP contribution is 2.36. The van der Waals surface area contributed by atoms with Crippen LogP contribution in [0.1, 0.15) is 33.3 Å². The number of hydrogen-bond acceptors (Lipinski definition) is 2. The lowest BCUT2D eigenvalue weighted by Crippen LogP contribution is -2.41. The van der Waals surface area contributed by atoms with Crippen LogP contribution in [0, 0.1) is 12.7 Å². The first kappa shape index (κ1) is 12.6. The molecule has 0 bridgehead atoms. The van der Waals surface area contributed by atoms with Gasteiger partial charge in [-0.3, -0.25) is 0 Å². The SMILES string of the molecule is Cc1ccc(B2OC(C)(C)C(C)(C)O2)cc1F. The first-order valence-electron chi connectivity index (χ1n) is 5.85. The molecule has 1 heterocycles. The highest BCUT2D eigenvalue weighted by Gasteiger charge is 2.51. The Labute approximate surface area is 102 Å². The highest BCUT2D eigenvalue weighted by molar-refractivity contribution is 6.62. The second-order valence-corrected chi connectivity index (χ2v) is 5.60.